The summed E-state index contributed by atoms with van der Waals surface area (Å²) in [6, 6.07) is 1.28. The summed E-state index contributed by atoms with van der Waals surface area (Å²) in [6.45, 7) is 3.45. The van der Waals surface area contributed by atoms with Crippen LogP contribution in [0.3, 0.4) is 0 Å². The number of nitrogens with one attached hydrogen (secondary N) is 1. The number of hydrogen-bond donors (Lipinski definition) is 1. The van der Waals surface area contributed by atoms with E-state index in [4.69, 9.17) is 0 Å². The number of aromatic nitrogens is 1. The lowest BCUT2D eigenvalue weighted by molar-refractivity contribution is -0.385. The Morgan fingerprint density at radius 3 is 2.89 bits per heavy atom. The van der Waals surface area contributed by atoms with Gasteiger partial charge in [-0.05, 0) is 12.3 Å². The number of likely N-dealkylation sites (tertiary alicyclic amines) is 1. The van der Waals surface area contributed by atoms with Crippen molar-refractivity contribution in [2.75, 3.05) is 25.5 Å². The molecule has 19 heavy (non-hydrogen) atoms. The van der Waals surface area contributed by atoms with E-state index >= 15 is 0 Å². The van der Waals surface area contributed by atoms with Gasteiger partial charge in [0, 0.05) is 26.2 Å². The van der Waals surface area contributed by atoms with Gasteiger partial charge in [0.15, 0.2) is 0 Å². The highest BCUT2D eigenvalue weighted by Crippen LogP contribution is 2.23. The molecule has 0 aliphatic carbocycles. The fraction of sp³-hybridized carbons (Fsp3) is 0.500. The van der Waals surface area contributed by atoms with Crippen molar-refractivity contribution in [3.63, 3.8) is 0 Å². The molecule has 0 spiro atoms. The third-order valence-corrected chi connectivity index (χ3v) is 3.26. The average molecular weight is 264 g/mol. The van der Waals surface area contributed by atoms with Crippen molar-refractivity contribution in [2.45, 2.75) is 13.3 Å². The van der Waals surface area contributed by atoms with Gasteiger partial charge in [0.25, 0.3) is 11.6 Å². The zero-order valence-electron chi connectivity index (χ0n) is 10.9. The van der Waals surface area contributed by atoms with Crippen molar-refractivity contribution >= 4 is 17.4 Å². The number of pyridine rings is 1. The van der Waals surface area contributed by atoms with Gasteiger partial charge in [0.05, 0.1) is 10.5 Å². The van der Waals surface area contributed by atoms with Crippen molar-refractivity contribution in [2.24, 2.45) is 5.92 Å². The number of nitro groups is 1. The number of carbonyl (C=O) groups excluding carboxylic acids is 1. The molecule has 0 bridgehead atoms. The molecule has 0 aromatic carbocycles. The average Bonchev–Trinajstić information content (AvgIpc) is 2.83. The van der Waals surface area contributed by atoms with Gasteiger partial charge in [-0.1, -0.05) is 6.92 Å². The summed E-state index contributed by atoms with van der Waals surface area (Å²) in [7, 11) is 1.64. The largest absolute Gasteiger partial charge is 0.372 e. The summed E-state index contributed by atoms with van der Waals surface area (Å²) in [4.78, 5) is 28.2. The SMILES string of the molecule is CNc1ncc([N+](=O)[O-])cc1C(=O)N1CCC(C)C1. The van der Waals surface area contributed by atoms with Crippen molar-refractivity contribution < 1.29 is 9.72 Å². The Hall–Kier alpha value is -2.18. The second-order valence-corrected chi connectivity index (χ2v) is 4.74. The number of hydrogen-bond acceptors (Lipinski definition) is 5. The van der Waals surface area contributed by atoms with Gasteiger partial charge in [0.2, 0.25) is 0 Å². The Kier molecular flexibility index (Phi) is 3.64. The van der Waals surface area contributed by atoms with Gasteiger partial charge < -0.3 is 10.2 Å². The van der Waals surface area contributed by atoms with Gasteiger partial charge in [-0.2, -0.15) is 0 Å². The van der Waals surface area contributed by atoms with Crippen molar-refractivity contribution in [1.29, 1.82) is 0 Å². The van der Waals surface area contributed by atoms with E-state index in [0.29, 0.717) is 24.8 Å². The Labute approximate surface area is 110 Å². The van der Waals surface area contributed by atoms with Gasteiger partial charge in [-0.3, -0.25) is 14.9 Å². The lowest BCUT2D eigenvalue weighted by Crippen LogP contribution is -2.29. The zero-order valence-corrected chi connectivity index (χ0v) is 10.9. The number of nitrogens with zero attached hydrogens (tertiary/aromatic N) is 3. The van der Waals surface area contributed by atoms with E-state index in [-0.39, 0.29) is 17.2 Å². The second kappa shape index (κ2) is 5.21. The first-order valence-corrected chi connectivity index (χ1v) is 6.14. The van der Waals surface area contributed by atoms with E-state index < -0.39 is 4.92 Å². The van der Waals surface area contributed by atoms with Crippen LogP contribution in [0.25, 0.3) is 0 Å². The molecule has 1 amide bonds. The molecule has 2 rings (SSSR count). The topological polar surface area (TPSA) is 88.4 Å². The number of amides is 1. The molecule has 1 aromatic heterocycles. The Balaban J connectivity index is 2.33. The van der Waals surface area contributed by atoms with E-state index in [1.807, 2.05) is 0 Å². The van der Waals surface area contributed by atoms with Gasteiger partial charge >= 0.3 is 0 Å². The lowest BCUT2D eigenvalue weighted by Gasteiger charge is -2.17. The molecule has 2 heterocycles. The molecule has 0 radical (unpaired) electrons. The lowest BCUT2D eigenvalue weighted by atomic mass is 10.2. The minimum atomic E-state index is -0.546. The van der Waals surface area contributed by atoms with E-state index in [2.05, 4.69) is 17.2 Å². The second-order valence-electron chi connectivity index (χ2n) is 4.74. The van der Waals surface area contributed by atoms with Crippen LogP contribution in [-0.2, 0) is 0 Å². The maximum atomic E-state index is 12.4. The van der Waals surface area contributed by atoms with Crippen LogP contribution < -0.4 is 5.32 Å². The van der Waals surface area contributed by atoms with E-state index in [9.17, 15) is 14.9 Å². The fourth-order valence-electron chi connectivity index (χ4n) is 2.21. The summed E-state index contributed by atoms with van der Waals surface area (Å²) in [5, 5.41) is 13.6. The molecule has 7 nitrogen and oxygen atoms in total. The molecule has 1 aliphatic heterocycles. The highest BCUT2D eigenvalue weighted by Gasteiger charge is 2.27. The number of anilines is 1. The molecular formula is C12H16N4O3. The molecule has 102 valence electrons. The molecule has 1 fully saturated rings. The Morgan fingerprint density at radius 1 is 1.63 bits per heavy atom. The van der Waals surface area contributed by atoms with E-state index in [1.165, 1.54) is 6.07 Å². The van der Waals surface area contributed by atoms with Gasteiger partial charge in [-0.15, -0.1) is 0 Å². The Bertz CT molecular complexity index is 518. The molecule has 1 atom stereocenters. The first kappa shape index (κ1) is 13.3. The van der Waals surface area contributed by atoms with Gasteiger partial charge in [0.1, 0.15) is 12.0 Å². The van der Waals surface area contributed by atoms with E-state index in [1.54, 1.807) is 11.9 Å². The third kappa shape index (κ3) is 2.64. The molecular weight excluding hydrogens is 248 g/mol. The van der Waals surface area contributed by atoms with Crippen LogP contribution in [0.1, 0.15) is 23.7 Å². The fourth-order valence-corrected chi connectivity index (χ4v) is 2.21. The first-order chi connectivity index (χ1) is 9.02. The molecule has 1 aliphatic rings. The van der Waals surface area contributed by atoms with Crippen molar-refractivity contribution in [1.82, 2.24) is 9.88 Å². The number of carbonyl (C=O) groups is 1. The minimum Gasteiger partial charge on any atom is -0.372 e. The normalized spacial score (nSPS) is 18.4. The highest BCUT2D eigenvalue weighted by molar-refractivity contribution is 5.99. The summed E-state index contributed by atoms with van der Waals surface area (Å²) >= 11 is 0. The first-order valence-electron chi connectivity index (χ1n) is 6.14. The molecule has 1 unspecified atom stereocenters. The Morgan fingerprint density at radius 2 is 2.37 bits per heavy atom. The molecule has 7 heteroatoms. The van der Waals surface area contributed by atoms with Crippen molar-refractivity contribution in [3.8, 4) is 0 Å². The quantitative estimate of drug-likeness (QED) is 0.660. The van der Waals surface area contributed by atoms with Crippen LogP contribution in [-0.4, -0.2) is 40.9 Å². The van der Waals surface area contributed by atoms with Crippen LogP contribution in [0.15, 0.2) is 12.3 Å². The van der Waals surface area contributed by atoms with Crippen LogP contribution >= 0.6 is 0 Å². The smallest absolute Gasteiger partial charge is 0.288 e. The maximum Gasteiger partial charge on any atom is 0.288 e. The standard InChI is InChI=1S/C12H16N4O3/c1-8-3-4-15(7-8)12(17)10-5-9(16(18)19)6-14-11(10)13-2/h5-6,8H,3-4,7H2,1-2H3,(H,13,14). The molecule has 0 saturated carbocycles. The van der Waals surface area contributed by atoms with Crippen LogP contribution in [0.2, 0.25) is 0 Å². The predicted octanol–water partition coefficient (Wildman–Crippen LogP) is 1.51. The molecule has 1 N–H and O–H groups in total. The molecule has 1 aromatic rings. The van der Waals surface area contributed by atoms with Crippen LogP contribution in [0, 0.1) is 16.0 Å². The van der Waals surface area contributed by atoms with Crippen molar-refractivity contribution in [3.05, 3.63) is 27.9 Å². The van der Waals surface area contributed by atoms with E-state index in [0.717, 1.165) is 12.6 Å². The highest BCUT2D eigenvalue weighted by atomic mass is 16.6. The summed E-state index contributed by atoms with van der Waals surface area (Å²) in [6.07, 6.45) is 2.11. The monoisotopic (exact) mass is 264 g/mol. The van der Waals surface area contributed by atoms with Crippen LogP contribution in [0.5, 0.6) is 0 Å². The zero-order chi connectivity index (χ0) is 14.0. The van der Waals surface area contributed by atoms with Crippen LogP contribution in [0.4, 0.5) is 11.5 Å². The maximum absolute atomic E-state index is 12.4. The number of rotatable bonds is 3. The summed E-state index contributed by atoms with van der Waals surface area (Å²) < 4.78 is 0. The van der Waals surface area contributed by atoms with Gasteiger partial charge in [-0.25, -0.2) is 4.98 Å². The third-order valence-electron chi connectivity index (χ3n) is 3.26. The summed E-state index contributed by atoms with van der Waals surface area (Å²) in [5.74, 6) is 0.633. The predicted molar refractivity (Wildman–Crippen MR) is 70.1 cm³/mol. The molecule has 1 saturated heterocycles. The summed E-state index contributed by atoms with van der Waals surface area (Å²) in [5.41, 5.74) is 0.0837. The minimum absolute atomic E-state index is 0.172.